The molecule has 0 radical (unpaired) electrons. The van der Waals surface area contributed by atoms with Crippen LogP contribution in [0, 0.1) is 0 Å². The molecule has 0 aromatic heterocycles. The predicted molar refractivity (Wildman–Crippen MR) is 122 cm³/mol. The topological polar surface area (TPSA) is 58.2 Å². The van der Waals surface area contributed by atoms with Crippen molar-refractivity contribution >= 4 is 29.7 Å². The minimum atomic E-state index is -0.402. The highest BCUT2D eigenvalue weighted by Crippen LogP contribution is 2.08. The monoisotopic (exact) mass is 394 g/mol. The highest BCUT2D eigenvalue weighted by Gasteiger charge is 2.11. The molecule has 4 heteroatoms. The molecule has 3 rings (SSSR count). The first kappa shape index (κ1) is 20.6. The lowest BCUT2D eigenvalue weighted by atomic mass is 10.2. The van der Waals surface area contributed by atoms with Crippen LogP contribution in [-0.4, -0.2) is 11.8 Å². The van der Waals surface area contributed by atoms with Crippen LogP contribution in [0.4, 0.5) is 5.69 Å². The average molecular weight is 394 g/mol. The van der Waals surface area contributed by atoms with E-state index in [2.05, 4.69) is 10.6 Å². The van der Waals surface area contributed by atoms with Crippen LogP contribution in [-0.2, 0) is 9.59 Å². The molecule has 3 aromatic rings. The molecule has 0 saturated carbocycles. The Labute approximate surface area is 176 Å². The second-order valence-electron chi connectivity index (χ2n) is 6.40. The van der Waals surface area contributed by atoms with E-state index in [1.807, 2.05) is 84.9 Å². The summed E-state index contributed by atoms with van der Waals surface area (Å²) in [5, 5.41) is 5.46. The van der Waals surface area contributed by atoms with E-state index in [0.29, 0.717) is 5.69 Å². The SMILES string of the molecule is O=C(/C=C/c1ccccc1)N/C(=C\C=C\c1ccccc1)C(=O)Nc1ccccc1. The minimum Gasteiger partial charge on any atom is -0.321 e. The maximum absolute atomic E-state index is 12.7. The predicted octanol–water partition coefficient (Wildman–Crippen LogP) is 5.05. The highest BCUT2D eigenvalue weighted by atomic mass is 16.2. The van der Waals surface area contributed by atoms with Gasteiger partial charge in [-0.25, -0.2) is 0 Å². The van der Waals surface area contributed by atoms with Crippen LogP contribution in [0.25, 0.3) is 12.2 Å². The van der Waals surface area contributed by atoms with E-state index < -0.39 is 5.91 Å². The Hall–Kier alpha value is -4.18. The molecule has 0 aliphatic rings. The van der Waals surface area contributed by atoms with E-state index in [9.17, 15) is 9.59 Å². The van der Waals surface area contributed by atoms with Crippen LogP contribution in [0.1, 0.15) is 11.1 Å². The fourth-order valence-corrected chi connectivity index (χ4v) is 2.62. The van der Waals surface area contributed by atoms with Gasteiger partial charge in [-0.3, -0.25) is 9.59 Å². The number of anilines is 1. The summed E-state index contributed by atoms with van der Waals surface area (Å²) in [7, 11) is 0. The Morgan fingerprint density at radius 1 is 0.667 bits per heavy atom. The first-order valence-corrected chi connectivity index (χ1v) is 9.54. The normalized spacial score (nSPS) is 11.5. The summed E-state index contributed by atoms with van der Waals surface area (Å²) in [6.07, 6.45) is 8.28. The Morgan fingerprint density at radius 2 is 1.20 bits per heavy atom. The van der Waals surface area contributed by atoms with Gasteiger partial charge in [-0.2, -0.15) is 0 Å². The lowest BCUT2D eigenvalue weighted by molar-refractivity contribution is -0.118. The van der Waals surface area contributed by atoms with Crippen molar-refractivity contribution in [2.45, 2.75) is 0 Å². The van der Waals surface area contributed by atoms with Crippen molar-refractivity contribution in [3.63, 3.8) is 0 Å². The highest BCUT2D eigenvalue weighted by molar-refractivity contribution is 6.07. The summed E-state index contributed by atoms with van der Waals surface area (Å²) >= 11 is 0. The van der Waals surface area contributed by atoms with Gasteiger partial charge < -0.3 is 10.6 Å². The summed E-state index contributed by atoms with van der Waals surface area (Å²) in [4.78, 5) is 25.1. The van der Waals surface area contributed by atoms with Crippen molar-refractivity contribution < 1.29 is 9.59 Å². The van der Waals surface area contributed by atoms with Crippen molar-refractivity contribution in [2.24, 2.45) is 0 Å². The van der Waals surface area contributed by atoms with Gasteiger partial charge in [0.2, 0.25) is 5.91 Å². The van der Waals surface area contributed by atoms with Crippen LogP contribution < -0.4 is 10.6 Å². The number of para-hydroxylation sites is 1. The number of allylic oxidation sites excluding steroid dienone is 2. The maximum Gasteiger partial charge on any atom is 0.272 e. The molecule has 2 N–H and O–H groups in total. The molecular weight excluding hydrogens is 372 g/mol. The molecule has 2 amide bonds. The summed E-state index contributed by atoms with van der Waals surface area (Å²) in [5.41, 5.74) is 2.69. The zero-order valence-electron chi connectivity index (χ0n) is 16.4. The first-order valence-electron chi connectivity index (χ1n) is 9.54. The van der Waals surface area contributed by atoms with Gasteiger partial charge in [0.25, 0.3) is 5.91 Å². The number of carbonyl (C=O) groups is 2. The standard InChI is InChI=1S/C26H22N2O2/c29-25(20-19-22-13-6-2-7-14-22)28-24(18-10-15-21-11-4-1-5-12-21)26(30)27-23-16-8-3-9-17-23/h1-20H,(H,27,30)(H,28,29)/b15-10+,20-19+,24-18-. The van der Waals surface area contributed by atoms with Gasteiger partial charge in [0, 0.05) is 11.8 Å². The maximum atomic E-state index is 12.7. The molecular formula is C26H22N2O2. The molecule has 0 bridgehead atoms. The third-order valence-corrected chi connectivity index (χ3v) is 4.11. The first-order chi connectivity index (χ1) is 14.7. The Morgan fingerprint density at radius 3 is 1.80 bits per heavy atom. The van der Waals surface area contributed by atoms with Gasteiger partial charge in [-0.1, -0.05) is 91.0 Å². The molecule has 30 heavy (non-hydrogen) atoms. The summed E-state index contributed by atoms with van der Waals surface area (Å²) < 4.78 is 0. The van der Waals surface area contributed by atoms with E-state index in [4.69, 9.17) is 0 Å². The van der Waals surface area contributed by atoms with Gasteiger partial charge in [0.05, 0.1) is 0 Å². The molecule has 0 heterocycles. The summed E-state index contributed by atoms with van der Waals surface area (Å²) in [6, 6.07) is 28.3. The zero-order valence-corrected chi connectivity index (χ0v) is 16.4. The molecule has 0 atom stereocenters. The number of hydrogen-bond donors (Lipinski definition) is 2. The molecule has 148 valence electrons. The van der Waals surface area contributed by atoms with Crippen LogP contribution >= 0.6 is 0 Å². The van der Waals surface area contributed by atoms with Gasteiger partial charge in [0.1, 0.15) is 5.70 Å². The average Bonchev–Trinajstić information content (AvgIpc) is 2.79. The fraction of sp³-hybridized carbons (Fsp3) is 0. The van der Waals surface area contributed by atoms with Crippen molar-refractivity contribution in [3.8, 4) is 0 Å². The van der Waals surface area contributed by atoms with E-state index >= 15 is 0 Å². The number of carbonyl (C=O) groups excluding carboxylic acids is 2. The van der Waals surface area contributed by atoms with Crippen molar-refractivity contribution in [1.29, 1.82) is 0 Å². The molecule has 0 spiro atoms. The molecule has 0 saturated heterocycles. The van der Waals surface area contributed by atoms with Crippen molar-refractivity contribution in [3.05, 3.63) is 126 Å². The summed E-state index contributed by atoms with van der Waals surface area (Å²) in [6.45, 7) is 0. The number of rotatable bonds is 7. The third-order valence-electron chi connectivity index (χ3n) is 4.11. The second kappa shape index (κ2) is 11.0. The van der Waals surface area contributed by atoms with Crippen molar-refractivity contribution in [2.75, 3.05) is 5.32 Å². The second-order valence-corrected chi connectivity index (χ2v) is 6.40. The van der Waals surface area contributed by atoms with E-state index in [-0.39, 0.29) is 11.6 Å². The van der Waals surface area contributed by atoms with Gasteiger partial charge in [0.15, 0.2) is 0 Å². The van der Waals surface area contributed by atoms with Crippen LogP contribution in [0.3, 0.4) is 0 Å². The third kappa shape index (κ3) is 6.77. The van der Waals surface area contributed by atoms with Gasteiger partial charge in [-0.15, -0.1) is 0 Å². The quantitative estimate of drug-likeness (QED) is 0.435. The molecule has 0 aliphatic carbocycles. The number of hydrogen-bond acceptors (Lipinski definition) is 2. The minimum absolute atomic E-state index is 0.147. The number of benzene rings is 3. The molecule has 0 unspecified atom stereocenters. The van der Waals surface area contributed by atoms with Crippen LogP contribution in [0.5, 0.6) is 0 Å². The van der Waals surface area contributed by atoms with E-state index in [0.717, 1.165) is 11.1 Å². The van der Waals surface area contributed by atoms with E-state index in [1.54, 1.807) is 30.4 Å². The Kier molecular flexibility index (Phi) is 7.52. The molecule has 0 aliphatic heterocycles. The fourth-order valence-electron chi connectivity index (χ4n) is 2.62. The molecule has 0 fully saturated rings. The smallest absolute Gasteiger partial charge is 0.272 e. The molecule has 3 aromatic carbocycles. The summed E-state index contributed by atoms with van der Waals surface area (Å²) in [5.74, 6) is -0.790. The molecule has 4 nitrogen and oxygen atoms in total. The van der Waals surface area contributed by atoms with Gasteiger partial charge in [-0.05, 0) is 35.4 Å². The van der Waals surface area contributed by atoms with E-state index in [1.165, 1.54) is 6.08 Å². The van der Waals surface area contributed by atoms with Crippen LogP contribution in [0.2, 0.25) is 0 Å². The zero-order chi connectivity index (χ0) is 21.0. The number of amides is 2. The largest absolute Gasteiger partial charge is 0.321 e. The lowest BCUT2D eigenvalue weighted by Gasteiger charge is -2.09. The Bertz CT molecular complexity index is 1050. The number of nitrogens with one attached hydrogen (secondary N) is 2. The lowest BCUT2D eigenvalue weighted by Crippen LogP contribution is -2.29. The van der Waals surface area contributed by atoms with Crippen LogP contribution in [0.15, 0.2) is 115 Å². The van der Waals surface area contributed by atoms with Gasteiger partial charge >= 0.3 is 0 Å². The Balaban J connectivity index is 1.74. The van der Waals surface area contributed by atoms with Crippen molar-refractivity contribution in [1.82, 2.24) is 5.32 Å².